The number of ether oxygens (including phenoxy) is 1. The van der Waals surface area contributed by atoms with E-state index < -0.39 is 0 Å². The first-order valence-electron chi connectivity index (χ1n) is 12.8. The molecule has 4 fully saturated rings. The number of hydrogen-bond donors (Lipinski definition) is 0. The van der Waals surface area contributed by atoms with Gasteiger partial charge in [0.15, 0.2) is 0 Å². The van der Waals surface area contributed by atoms with Crippen LogP contribution in [0.25, 0.3) is 0 Å². The molecule has 0 spiro atoms. The van der Waals surface area contributed by atoms with E-state index in [1.54, 1.807) is 13.8 Å². The Labute approximate surface area is 184 Å². The Morgan fingerprint density at radius 2 is 1.63 bits per heavy atom. The van der Waals surface area contributed by atoms with E-state index >= 15 is 0 Å². The predicted octanol–water partition coefficient (Wildman–Crippen LogP) is 6.58. The minimum Gasteiger partial charge on any atom is -0.463 e. The predicted molar refractivity (Wildman–Crippen MR) is 120 cm³/mol. The van der Waals surface area contributed by atoms with Crippen LogP contribution in [0.5, 0.6) is 0 Å². The number of esters is 1. The molecule has 0 bridgehead atoms. The van der Waals surface area contributed by atoms with Crippen LogP contribution in [0.2, 0.25) is 0 Å². The van der Waals surface area contributed by atoms with Gasteiger partial charge in [0.1, 0.15) is 11.9 Å². The van der Waals surface area contributed by atoms with Gasteiger partial charge in [-0.05, 0) is 117 Å². The second kappa shape index (κ2) is 8.24. The van der Waals surface area contributed by atoms with Gasteiger partial charge in [-0.1, -0.05) is 20.8 Å². The van der Waals surface area contributed by atoms with Crippen LogP contribution >= 0.6 is 0 Å². The highest BCUT2D eigenvalue weighted by Crippen LogP contribution is 2.68. The molecular formula is C27H44O3. The molecule has 0 aromatic carbocycles. The second-order valence-electron chi connectivity index (χ2n) is 12.1. The van der Waals surface area contributed by atoms with Crippen molar-refractivity contribution in [3.8, 4) is 0 Å². The van der Waals surface area contributed by atoms with Crippen molar-refractivity contribution >= 4 is 11.8 Å². The number of hydrogen-bond acceptors (Lipinski definition) is 3. The van der Waals surface area contributed by atoms with Crippen molar-refractivity contribution in [3.05, 3.63) is 0 Å². The Kier molecular flexibility index (Phi) is 6.14. The normalized spacial score (nSPS) is 46.3. The lowest BCUT2D eigenvalue weighted by Crippen LogP contribution is -2.54. The zero-order chi connectivity index (χ0) is 21.7. The van der Waals surface area contributed by atoms with Gasteiger partial charge in [0.05, 0.1) is 0 Å². The topological polar surface area (TPSA) is 43.4 Å². The maximum atomic E-state index is 11.5. The Morgan fingerprint density at radius 1 is 0.933 bits per heavy atom. The molecule has 9 atom stereocenters. The molecule has 0 aliphatic heterocycles. The number of carbonyl (C=O) groups excluding carboxylic acids is 2. The molecule has 30 heavy (non-hydrogen) atoms. The molecule has 3 nitrogen and oxygen atoms in total. The van der Waals surface area contributed by atoms with E-state index in [1.165, 1.54) is 44.9 Å². The van der Waals surface area contributed by atoms with Crippen LogP contribution in [0, 0.1) is 46.3 Å². The van der Waals surface area contributed by atoms with Crippen LogP contribution in [0.15, 0.2) is 0 Å². The van der Waals surface area contributed by atoms with E-state index in [0.717, 1.165) is 55.3 Å². The molecule has 170 valence electrons. The minimum absolute atomic E-state index is 0.110. The summed E-state index contributed by atoms with van der Waals surface area (Å²) < 4.78 is 5.62. The first-order chi connectivity index (χ1) is 14.1. The number of carbonyl (C=O) groups is 2. The van der Waals surface area contributed by atoms with Crippen molar-refractivity contribution in [2.45, 2.75) is 111 Å². The summed E-state index contributed by atoms with van der Waals surface area (Å²) in [6, 6.07) is 0. The van der Waals surface area contributed by atoms with E-state index in [0.29, 0.717) is 22.5 Å². The van der Waals surface area contributed by atoms with Crippen molar-refractivity contribution in [2.24, 2.45) is 46.3 Å². The van der Waals surface area contributed by atoms with Crippen LogP contribution in [0.4, 0.5) is 0 Å². The molecule has 4 aliphatic rings. The third-order valence-electron chi connectivity index (χ3n) is 10.7. The van der Waals surface area contributed by atoms with E-state index in [-0.39, 0.29) is 12.1 Å². The molecular weight excluding hydrogens is 372 g/mol. The van der Waals surface area contributed by atoms with Crippen LogP contribution in [-0.2, 0) is 14.3 Å². The Morgan fingerprint density at radius 3 is 2.33 bits per heavy atom. The van der Waals surface area contributed by atoms with Gasteiger partial charge in [-0.25, -0.2) is 0 Å². The van der Waals surface area contributed by atoms with Crippen molar-refractivity contribution in [3.63, 3.8) is 0 Å². The molecule has 4 saturated carbocycles. The van der Waals surface area contributed by atoms with Gasteiger partial charge >= 0.3 is 5.97 Å². The molecule has 0 N–H and O–H groups in total. The molecule has 3 heteroatoms. The maximum Gasteiger partial charge on any atom is 0.302 e. The Hall–Kier alpha value is -0.860. The lowest BCUT2D eigenvalue weighted by molar-refractivity contribution is -0.160. The highest BCUT2D eigenvalue weighted by molar-refractivity contribution is 5.75. The van der Waals surface area contributed by atoms with Crippen molar-refractivity contribution in [1.82, 2.24) is 0 Å². The van der Waals surface area contributed by atoms with Gasteiger partial charge in [0.2, 0.25) is 0 Å². The maximum absolute atomic E-state index is 11.5. The third kappa shape index (κ3) is 3.77. The fraction of sp³-hybridized carbons (Fsp3) is 0.926. The zero-order valence-corrected chi connectivity index (χ0v) is 20.0. The van der Waals surface area contributed by atoms with Gasteiger partial charge in [0, 0.05) is 13.3 Å². The fourth-order valence-electron chi connectivity index (χ4n) is 9.17. The average molecular weight is 417 g/mol. The van der Waals surface area contributed by atoms with Crippen molar-refractivity contribution in [1.29, 1.82) is 0 Å². The van der Waals surface area contributed by atoms with Gasteiger partial charge in [-0.2, -0.15) is 0 Å². The monoisotopic (exact) mass is 416 g/mol. The lowest BCUT2D eigenvalue weighted by Gasteiger charge is -2.61. The quantitative estimate of drug-likeness (QED) is 0.475. The molecule has 0 saturated heterocycles. The molecule has 0 aromatic heterocycles. The van der Waals surface area contributed by atoms with Crippen LogP contribution in [0.3, 0.4) is 0 Å². The average Bonchev–Trinajstić information content (AvgIpc) is 3.03. The summed E-state index contributed by atoms with van der Waals surface area (Å²) in [5.41, 5.74) is 0.925. The van der Waals surface area contributed by atoms with Crippen molar-refractivity contribution in [2.75, 3.05) is 0 Å². The molecule has 0 heterocycles. The van der Waals surface area contributed by atoms with Crippen LogP contribution in [0.1, 0.15) is 105 Å². The fourth-order valence-corrected chi connectivity index (χ4v) is 9.17. The summed E-state index contributed by atoms with van der Waals surface area (Å²) in [6.07, 6.45) is 13.6. The summed E-state index contributed by atoms with van der Waals surface area (Å²) in [5.74, 6) is 5.07. The summed E-state index contributed by atoms with van der Waals surface area (Å²) in [6.45, 7) is 10.9. The van der Waals surface area contributed by atoms with Crippen LogP contribution < -0.4 is 0 Å². The first kappa shape index (κ1) is 22.3. The van der Waals surface area contributed by atoms with E-state index in [9.17, 15) is 9.59 Å². The van der Waals surface area contributed by atoms with Gasteiger partial charge in [-0.15, -0.1) is 0 Å². The second-order valence-corrected chi connectivity index (χ2v) is 12.1. The molecule has 0 radical (unpaired) electrons. The number of fused-ring (bicyclic) bond motifs is 5. The standard InChI is InChI=1S/C27H44O3/c1-17(6-7-18(2)28)23-10-11-24-22-9-8-20-16-21(30-19(3)29)12-14-26(20,4)25(22)13-15-27(23,24)5/h17,20-25H,6-16H2,1-5H3/t17-,20-,21?,22+,23-,24+,25+,26+,27-/m1/s1. The summed E-state index contributed by atoms with van der Waals surface area (Å²) in [5, 5.41) is 0. The number of Topliss-reactive ketones (excluding diaryl/α,β-unsaturated/α-hetero) is 1. The van der Waals surface area contributed by atoms with E-state index in [1.807, 2.05) is 0 Å². The highest BCUT2D eigenvalue weighted by atomic mass is 16.5. The highest BCUT2D eigenvalue weighted by Gasteiger charge is 2.60. The minimum atomic E-state index is -0.110. The first-order valence-corrected chi connectivity index (χ1v) is 12.8. The number of rotatable bonds is 5. The van der Waals surface area contributed by atoms with Gasteiger partial charge in [-0.3, -0.25) is 4.79 Å². The smallest absolute Gasteiger partial charge is 0.302 e. The SMILES string of the molecule is CC(=O)CC[C@@H](C)[C@H]1CC[C@H]2[C@@H]3CC[C@@H]4CC(OC(C)=O)CC[C@]4(C)[C@H]3CC[C@]12C. The molecule has 1 unspecified atom stereocenters. The molecule has 0 aromatic rings. The largest absolute Gasteiger partial charge is 0.463 e. The lowest BCUT2D eigenvalue weighted by atomic mass is 9.44. The summed E-state index contributed by atoms with van der Waals surface area (Å²) in [4.78, 5) is 23.0. The van der Waals surface area contributed by atoms with Gasteiger partial charge < -0.3 is 9.53 Å². The van der Waals surface area contributed by atoms with Gasteiger partial charge in [0.25, 0.3) is 0 Å². The zero-order valence-electron chi connectivity index (χ0n) is 20.0. The Bertz CT molecular complexity index is 671. The molecule has 4 aliphatic carbocycles. The number of ketones is 1. The van der Waals surface area contributed by atoms with Crippen LogP contribution in [-0.4, -0.2) is 17.9 Å². The molecule has 0 amide bonds. The van der Waals surface area contributed by atoms with Crippen molar-refractivity contribution < 1.29 is 14.3 Å². The third-order valence-corrected chi connectivity index (χ3v) is 10.7. The van der Waals surface area contributed by atoms with E-state index in [4.69, 9.17) is 4.74 Å². The molecule has 4 rings (SSSR count). The Balaban J connectivity index is 1.47. The van der Waals surface area contributed by atoms with E-state index in [2.05, 4.69) is 20.8 Å². The summed E-state index contributed by atoms with van der Waals surface area (Å²) >= 11 is 0. The summed E-state index contributed by atoms with van der Waals surface area (Å²) in [7, 11) is 0.